The molecule has 2 unspecified atom stereocenters. The Morgan fingerprint density at radius 3 is 2.27 bits per heavy atom. The zero-order valence-corrected chi connectivity index (χ0v) is 18.2. The summed E-state index contributed by atoms with van der Waals surface area (Å²) in [6.45, 7) is 5.81. The number of piperazine rings is 1. The number of piperidine rings is 1. The minimum atomic E-state index is -0.299. The maximum atomic E-state index is 13.6. The molecular weight excluding hydrogens is 398 g/mol. The lowest BCUT2D eigenvalue weighted by Crippen LogP contribution is -2.54. The third-order valence-electron chi connectivity index (χ3n) is 6.10. The summed E-state index contributed by atoms with van der Waals surface area (Å²) in [6, 6.07) is 11.6. The standard InChI is InChI=1S/C23H27N3O3S/c1-16-5-7-18(8-6-16)26-21(28)10-9-19(22(26)20-4-3-15-30-20)23(29)25-13-11-24(12-14-25)17(2)27/h3-8,15,19,22H,9-14H2,1-2H3. The number of rotatable bonds is 3. The monoisotopic (exact) mass is 425 g/mol. The maximum absolute atomic E-state index is 13.6. The Morgan fingerprint density at radius 2 is 1.67 bits per heavy atom. The second kappa shape index (κ2) is 8.60. The number of nitrogens with zero attached hydrogens (tertiary/aromatic N) is 3. The van der Waals surface area contributed by atoms with E-state index in [2.05, 4.69) is 0 Å². The zero-order valence-electron chi connectivity index (χ0n) is 17.4. The van der Waals surface area contributed by atoms with E-state index >= 15 is 0 Å². The molecule has 1 aromatic heterocycles. The third-order valence-corrected chi connectivity index (χ3v) is 7.04. The average molecular weight is 426 g/mol. The molecule has 2 atom stereocenters. The van der Waals surface area contributed by atoms with E-state index in [0.29, 0.717) is 39.0 Å². The van der Waals surface area contributed by atoms with Gasteiger partial charge in [0.25, 0.3) is 0 Å². The Kier molecular flexibility index (Phi) is 5.90. The number of hydrogen-bond acceptors (Lipinski definition) is 4. The predicted molar refractivity (Wildman–Crippen MR) is 117 cm³/mol. The van der Waals surface area contributed by atoms with Crippen LogP contribution in [0.5, 0.6) is 0 Å². The second-order valence-corrected chi connectivity index (χ2v) is 9.02. The van der Waals surface area contributed by atoms with Crippen molar-refractivity contribution in [1.29, 1.82) is 0 Å². The molecule has 1 aromatic carbocycles. The van der Waals surface area contributed by atoms with Crippen molar-refractivity contribution in [3.8, 4) is 0 Å². The predicted octanol–water partition coefficient (Wildman–Crippen LogP) is 3.23. The normalized spacial score (nSPS) is 22.3. The number of hydrogen-bond donors (Lipinski definition) is 0. The minimum Gasteiger partial charge on any atom is -0.339 e. The molecule has 2 fully saturated rings. The van der Waals surface area contributed by atoms with Crippen LogP contribution in [-0.2, 0) is 14.4 Å². The Morgan fingerprint density at radius 1 is 1.00 bits per heavy atom. The van der Waals surface area contributed by atoms with Crippen LogP contribution in [0.4, 0.5) is 5.69 Å². The molecule has 0 bridgehead atoms. The van der Waals surface area contributed by atoms with Gasteiger partial charge in [0, 0.05) is 50.1 Å². The molecule has 0 saturated carbocycles. The van der Waals surface area contributed by atoms with Gasteiger partial charge in [0.05, 0.1) is 12.0 Å². The summed E-state index contributed by atoms with van der Waals surface area (Å²) in [5, 5.41) is 1.99. The summed E-state index contributed by atoms with van der Waals surface area (Å²) in [4.78, 5) is 44.7. The lowest BCUT2D eigenvalue weighted by Gasteiger charge is -2.43. The third kappa shape index (κ3) is 3.99. The summed E-state index contributed by atoms with van der Waals surface area (Å²) >= 11 is 1.59. The van der Waals surface area contributed by atoms with Crippen LogP contribution in [0.25, 0.3) is 0 Å². The van der Waals surface area contributed by atoms with Gasteiger partial charge in [-0.25, -0.2) is 0 Å². The number of carbonyl (C=O) groups is 3. The summed E-state index contributed by atoms with van der Waals surface area (Å²) in [5.74, 6) is -0.0946. The first kappa shape index (κ1) is 20.6. The highest BCUT2D eigenvalue weighted by Gasteiger charge is 2.43. The number of amides is 3. The molecule has 0 spiro atoms. The van der Waals surface area contributed by atoms with Gasteiger partial charge >= 0.3 is 0 Å². The van der Waals surface area contributed by atoms with Gasteiger partial charge in [0.1, 0.15) is 0 Å². The van der Waals surface area contributed by atoms with Crippen LogP contribution >= 0.6 is 11.3 Å². The van der Waals surface area contributed by atoms with E-state index in [1.807, 2.05) is 58.5 Å². The molecule has 2 aromatic rings. The van der Waals surface area contributed by atoms with Crippen LogP contribution in [0.3, 0.4) is 0 Å². The quantitative estimate of drug-likeness (QED) is 0.759. The highest BCUT2D eigenvalue weighted by molar-refractivity contribution is 7.10. The van der Waals surface area contributed by atoms with Crippen LogP contribution in [0.15, 0.2) is 41.8 Å². The molecule has 3 amide bonds. The average Bonchev–Trinajstić information content (AvgIpc) is 3.28. The molecule has 2 saturated heterocycles. The Hall–Kier alpha value is -2.67. The smallest absolute Gasteiger partial charge is 0.228 e. The zero-order chi connectivity index (χ0) is 21.3. The van der Waals surface area contributed by atoms with E-state index in [9.17, 15) is 14.4 Å². The molecule has 0 aliphatic carbocycles. The number of carbonyl (C=O) groups excluding carboxylic acids is 3. The number of anilines is 1. The number of thiophene rings is 1. The molecule has 2 aliphatic rings. The van der Waals surface area contributed by atoms with Crippen molar-refractivity contribution in [3.05, 3.63) is 52.2 Å². The van der Waals surface area contributed by atoms with Crippen LogP contribution in [0.2, 0.25) is 0 Å². The molecule has 7 heteroatoms. The maximum Gasteiger partial charge on any atom is 0.228 e. The van der Waals surface area contributed by atoms with E-state index in [4.69, 9.17) is 0 Å². The first-order valence-corrected chi connectivity index (χ1v) is 11.3. The summed E-state index contributed by atoms with van der Waals surface area (Å²) in [7, 11) is 0. The summed E-state index contributed by atoms with van der Waals surface area (Å²) < 4.78 is 0. The summed E-state index contributed by atoms with van der Waals surface area (Å²) in [6.07, 6.45) is 0.912. The van der Waals surface area contributed by atoms with Crippen LogP contribution in [-0.4, -0.2) is 53.7 Å². The van der Waals surface area contributed by atoms with Crippen LogP contribution in [0, 0.1) is 12.8 Å². The van der Waals surface area contributed by atoms with E-state index in [0.717, 1.165) is 16.1 Å². The van der Waals surface area contributed by atoms with Gasteiger partial charge in [0.15, 0.2) is 0 Å². The molecule has 0 radical (unpaired) electrons. The van der Waals surface area contributed by atoms with Gasteiger partial charge < -0.3 is 14.7 Å². The largest absolute Gasteiger partial charge is 0.339 e. The first-order valence-electron chi connectivity index (χ1n) is 10.4. The molecule has 3 heterocycles. The fourth-order valence-electron chi connectivity index (χ4n) is 4.42. The van der Waals surface area contributed by atoms with Gasteiger partial charge in [0.2, 0.25) is 17.7 Å². The minimum absolute atomic E-state index is 0.0485. The van der Waals surface area contributed by atoms with Gasteiger partial charge in [-0.3, -0.25) is 14.4 Å². The van der Waals surface area contributed by atoms with E-state index in [-0.39, 0.29) is 29.7 Å². The van der Waals surface area contributed by atoms with Crippen LogP contribution < -0.4 is 4.90 Å². The SMILES string of the molecule is CC(=O)N1CCN(C(=O)C2CCC(=O)N(c3ccc(C)cc3)C2c2cccs2)CC1. The highest BCUT2D eigenvalue weighted by atomic mass is 32.1. The van der Waals surface area contributed by atoms with Crippen molar-refractivity contribution < 1.29 is 14.4 Å². The van der Waals surface area contributed by atoms with Crippen molar-refractivity contribution in [3.63, 3.8) is 0 Å². The topological polar surface area (TPSA) is 60.9 Å². The molecule has 2 aliphatic heterocycles. The molecule has 0 N–H and O–H groups in total. The van der Waals surface area contributed by atoms with Crippen molar-refractivity contribution in [2.45, 2.75) is 32.7 Å². The lowest BCUT2D eigenvalue weighted by atomic mass is 9.85. The van der Waals surface area contributed by atoms with Crippen LogP contribution in [0.1, 0.15) is 36.2 Å². The highest BCUT2D eigenvalue weighted by Crippen LogP contribution is 2.42. The van der Waals surface area contributed by atoms with E-state index in [1.165, 1.54) is 0 Å². The Balaban J connectivity index is 1.63. The van der Waals surface area contributed by atoms with Crippen molar-refractivity contribution in [2.24, 2.45) is 5.92 Å². The number of aryl methyl sites for hydroxylation is 1. The lowest BCUT2D eigenvalue weighted by molar-refractivity contribution is -0.143. The molecular formula is C23H27N3O3S. The van der Waals surface area contributed by atoms with Gasteiger partial charge in [-0.1, -0.05) is 23.8 Å². The molecule has 6 nitrogen and oxygen atoms in total. The fraction of sp³-hybridized carbons (Fsp3) is 0.435. The van der Waals surface area contributed by atoms with Gasteiger partial charge in [-0.15, -0.1) is 11.3 Å². The summed E-state index contributed by atoms with van der Waals surface area (Å²) in [5.41, 5.74) is 1.97. The fourth-order valence-corrected chi connectivity index (χ4v) is 5.30. The van der Waals surface area contributed by atoms with E-state index < -0.39 is 0 Å². The van der Waals surface area contributed by atoms with Crippen molar-refractivity contribution in [1.82, 2.24) is 9.80 Å². The van der Waals surface area contributed by atoms with Gasteiger partial charge in [-0.05, 0) is 36.9 Å². The number of benzene rings is 1. The molecule has 30 heavy (non-hydrogen) atoms. The molecule has 158 valence electrons. The van der Waals surface area contributed by atoms with Gasteiger partial charge in [-0.2, -0.15) is 0 Å². The van der Waals surface area contributed by atoms with Crippen molar-refractivity contribution in [2.75, 3.05) is 31.1 Å². The Bertz CT molecular complexity index is 918. The van der Waals surface area contributed by atoms with E-state index in [1.54, 1.807) is 23.2 Å². The van der Waals surface area contributed by atoms with Crippen molar-refractivity contribution >= 4 is 34.7 Å². The first-order chi connectivity index (χ1) is 14.5. The molecule has 4 rings (SSSR count). The second-order valence-electron chi connectivity index (χ2n) is 8.04. The Labute approximate surface area is 181 Å².